The molecule has 14 heteroatoms. The Hall–Kier alpha value is -4.07. The minimum absolute atomic E-state index is 0.00276. The number of thiophene rings is 1. The summed E-state index contributed by atoms with van der Waals surface area (Å²) in [5, 5.41) is 4.65. The number of ether oxygens (including phenoxy) is 3. The molecule has 0 radical (unpaired) electrons. The predicted octanol–water partition coefficient (Wildman–Crippen LogP) is 4.72. The Bertz CT molecular complexity index is 1740. The number of fused-ring (bicyclic) bond motifs is 1. The largest absolute Gasteiger partial charge is 0.497 e. The second kappa shape index (κ2) is 11.7. The van der Waals surface area contributed by atoms with E-state index in [0.717, 1.165) is 0 Å². The average Bonchev–Trinajstić information content (AvgIpc) is 3.70. The molecule has 0 bridgehead atoms. The smallest absolute Gasteiger partial charge is 0.408 e. The Kier molecular flexibility index (Phi) is 8.17. The van der Waals surface area contributed by atoms with Crippen molar-refractivity contribution in [1.82, 2.24) is 14.9 Å². The topological polar surface area (TPSA) is 129 Å². The van der Waals surface area contributed by atoms with Crippen LogP contribution in [0.4, 0.5) is 10.5 Å². The minimum Gasteiger partial charge on any atom is -0.497 e. The summed E-state index contributed by atoms with van der Waals surface area (Å²) in [6.45, 7) is 2.59. The van der Waals surface area contributed by atoms with Gasteiger partial charge in [-0.1, -0.05) is 11.6 Å². The van der Waals surface area contributed by atoms with E-state index in [1.165, 1.54) is 62.0 Å². The third kappa shape index (κ3) is 5.08. The number of sulfonamides is 1. The molecule has 42 heavy (non-hydrogen) atoms. The molecule has 3 heterocycles. The van der Waals surface area contributed by atoms with Crippen LogP contribution < -0.4 is 19.1 Å². The standard InChI is InChI=1S/C28H27ClN4O7S2/c1-18-9-14-41-25(18)28(40-27(35)31-10-4-12-32-13-11-30-17-32)21-15-19(29)5-7-22(21)33(26(28)34)42(36,37)24-8-6-20(38-2)16-23(24)39-3/h5-9,11,13-17H,4,10,12H2,1-3H3,(H,31,35). The maximum absolute atomic E-state index is 14.5. The van der Waals surface area contributed by atoms with Gasteiger partial charge in [0.2, 0.25) is 0 Å². The number of hydrogen-bond donors (Lipinski definition) is 1. The van der Waals surface area contributed by atoms with Gasteiger partial charge in [0.25, 0.3) is 21.5 Å². The van der Waals surface area contributed by atoms with Crippen molar-refractivity contribution in [3.05, 3.63) is 87.6 Å². The summed E-state index contributed by atoms with van der Waals surface area (Å²) >= 11 is 7.54. The Morgan fingerprint density at radius 1 is 1.14 bits per heavy atom. The van der Waals surface area contributed by atoms with E-state index in [1.807, 2.05) is 4.57 Å². The molecule has 0 saturated heterocycles. The lowest BCUT2D eigenvalue weighted by molar-refractivity contribution is -0.131. The quantitative estimate of drug-likeness (QED) is 0.249. The van der Waals surface area contributed by atoms with Gasteiger partial charge >= 0.3 is 6.09 Å². The lowest BCUT2D eigenvalue weighted by atomic mass is 9.91. The first-order valence-corrected chi connectivity index (χ1v) is 15.4. The molecule has 0 spiro atoms. The summed E-state index contributed by atoms with van der Waals surface area (Å²) in [5.41, 5.74) is -1.37. The summed E-state index contributed by atoms with van der Waals surface area (Å²) in [6.07, 6.45) is 4.79. The maximum atomic E-state index is 14.5. The second-order valence-corrected chi connectivity index (χ2v) is 12.4. The van der Waals surface area contributed by atoms with E-state index in [9.17, 15) is 18.0 Å². The van der Waals surface area contributed by atoms with Crippen molar-refractivity contribution in [2.45, 2.75) is 30.4 Å². The van der Waals surface area contributed by atoms with Crippen molar-refractivity contribution in [1.29, 1.82) is 0 Å². The third-order valence-corrected chi connectivity index (χ3v) is 9.87. The molecule has 4 aromatic rings. The van der Waals surface area contributed by atoms with Crippen molar-refractivity contribution in [3.63, 3.8) is 0 Å². The molecule has 2 aromatic heterocycles. The van der Waals surface area contributed by atoms with Gasteiger partial charge in [0.05, 0.1) is 31.1 Å². The number of hydrogen-bond acceptors (Lipinski definition) is 9. The zero-order valence-corrected chi connectivity index (χ0v) is 25.3. The molecule has 0 saturated carbocycles. The predicted molar refractivity (Wildman–Crippen MR) is 157 cm³/mol. The highest BCUT2D eigenvalue weighted by Crippen LogP contribution is 2.52. The number of halogens is 1. The molecular formula is C28H27ClN4O7S2. The van der Waals surface area contributed by atoms with Crippen LogP contribution in [0.15, 0.2) is 71.5 Å². The molecule has 2 aromatic carbocycles. The molecule has 0 aliphatic carbocycles. The fourth-order valence-corrected chi connectivity index (χ4v) is 7.64. The second-order valence-electron chi connectivity index (χ2n) is 9.34. The summed E-state index contributed by atoms with van der Waals surface area (Å²) in [5.74, 6) is -0.655. The fourth-order valence-electron chi connectivity index (χ4n) is 4.80. The molecule has 11 nitrogen and oxygen atoms in total. The van der Waals surface area contributed by atoms with Crippen molar-refractivity contribution in [2.75, 3.05) is 25.1 Å². The Balaban J connectivity index is 1.58. The monoisotopic (exact) mass is 630 g/mol. The number of methoxy groups -OCH3 is 2. The molecule has 2 amide bonds. The summed E-state index contributed by atoms with van der Waals surface area (Å²) in [7, 11) is -1.85. The molecule has 220 valence electrons. The number of amides is 2. The SMILES string of the molecule is COc1ccc(S(=O)(=O)N2C(=O)C(OC(=O)NCCCn3ccnc3)(c3sccc3C)c3cc(Cl)ccc32)c(OC)c1. The van der Waals surface area contributed by atoms with Crippen molar-refractivity contribution >= 4 is 50.6 Å². The van der Waals surface area contributed by atoms with Crippen LogP contribution >= 0.6 is 22.9 Å². The Morgan fingerprint density at radius 2 is 1.95 bits per heavy atom. The van der Waals surface area contributed by atoms with Crippen LogP contribution in [0.25, 0.3) is 0 Å². The lowest BCUT2D eigenvalue weighted by Gasteiger charge is -2.28. The highest BCUT2D eigenvalue weighted by Gasteiger charge is 2.60. The van der Waals surface area contributed by atoms with Crippen LogP contribution in [0.2, 0.25) is 5.02 Å². The van der Waals surface area contributed by atoms with E-state index in [4.69, 9.17) is 25.8 Å². The Labute approximate surface area is 251 Å². The molecule has 1 aliphatic rings. The number of carbonyl (C=O) groups is 2. The minimum atomic E-state index is -4.59. The van der Waals surface area contributed by atoms with Crippen LogP contribution in [-0.2, 0) is 31.7 Å². The number of aromatic nitrogens is 2. The summed E-state index contributed by atoms with van der Waals surface area (Å²) in [6, 6.07) is 10.2. The number of nitrogens with zero attached hydrogens (tertiary/aromatic N) is 3. The molecule has 1 unspecified atom stereocenters. The molecule has 5 rings (SSSR count). The number of imidazole rings is 1. The number of benzene rings is 2. The summed E-state index contributed by atoms with van der Waals surface area (Å²) in [4.78, 5) is 31.9. The van der Waals surface area contributed by atoms with E-state index in [2.05, 4.69) is 10.3 Å². The van der Waals surface area contributed by atoms with Gasteiger partial charge < -0.3 is 24.1 Å². The molecule has 1 N–H and O–H groups in total. The molecule has 0 fully saturated rings. The lowest BCUT2D eigenvalue weighted by Crippen LogP contribution is -2.48. The number of aryl methyl sites for hydroxylation is 2. The summed E-state index contributed by atoms with van der Waals surface area (Å²) < 4.78 is 47.5. The van der Waals surface area contributed by atoms with Crippen LogP contribution in [0, 0.1) is 6.92 Å². The van der Waals surface area contributed by atoms with Gasteiger partial charge in [0, 0.05) is 42.1 Å². The van der Waals surface area contributed by atoms with Crippen LogP contribution in [0.1, 0.15) is 22.4 Å². The van der Waals surface area contributed by atoms with Gasteiger partial charge in [0.1, 0.15) is 16.4 Å². The highest BCUT2D eigenvalue weighted by atomic mass is 35.5. The van der Waals surface area contributed by atoms with Crippen molar-refractivity contribution < 1.29 is 32.2 Å². The number of rotatable bonds is 10. The van der Waals surface area contributed by atoms with E-state index in [0.29, 0.717) is 33.5 Å². The number of carbonyl (C=O) groups excluding carboxylic acids is 2. The first-order valence-electron chi connectivity index (χ1n) is 12.7. The first-order chi connectivity index (χ1) is 20.1. The van der Waals surface area contributed by atoms with E-state index >= 15 is 0 Å². The van der Waals surface area contributed by atoms with Crippen LogP contribution in [0.3, 0.4) is 0 Å². The van der Waals surface area contributed by atoms with Gasteiger partial charge in [-0.25, -0.2) is 18.2 Å². The Morgan fingerprint density at radius 3 is 2.62 bits per heavy atom. The van der Waals surface area contributed by atoms with Crippen molar-refractivity contribution in [3.8, 4) is 11.5 Å². The van der Waals surface area contributed by atoms with Gasteiger partial charge in [-0.05, 0) is 60.7 Å². The molecule has 1 atom stereocenters. The van der Waals surface area contributed by atoms with Crippen LogP contribution in [-0.4, -0.2) is 50.7 Å². The maximum Gasteiger partial charge on any atom is 0.408 e. The third-order valence-electron chi connectivity index (χ3n) is 6.78. The fraction of sp³-hybridized carbons (Fsp3) is 0.250. The van der Waals surface area contributed by atoms with E-state index in [1.54, 1.807) is 37.1 Å². The van der Waals surface area contributed by atoms with E-state index in [-0.39, 0.29) is 33.5 Å². The van der Waals surface area contributed by atoms with E-state index < -0.39 is 27.6 Å². The van der Waals surface area contributed by atoms with Gasteiger partial charge in [0.15, 0.2) is 0 Å². The molecule has 1 aliphatic heterocycles. The number of anilines is 1. The molecular weight excluding hydrogens is 604 g/mol. The number of nitrogens with one attached hydrogen (secondary N) is 1. The normalized spacial score (nSPS) is 16.3. The zero-order chi connectivity index (χ0) is 30.1. The van der Waals surface area contributed by atoms with Gasteiger partial charge in [-0.3, -0.25) is 4.79 Å². The number of alkyl carbamates (subject to hydrolysis) is 1. The zero-order valence-electron chi connectivity index (χ0n) is 22.9. The first kappa shape index (κ1) is 29.4. The van der Waals surface area contributed by atoms with Crippen LogP contribution in [0.5, 0.6) is 11.5 Å². The average molecular weight is 631 g/mol. The van der Waals surface area contributed by atoms with Crippen molar-refractivity contribution in [2.24, 2.45) is 0 Å². The highest BCUT2D eigenvalue weighted by molar-refractivity contribution is 7.93. The van der Waals surface area contributed by atoms with Gasteiger partial charge in [-0.15, -0.1) is 11.3 Å². The van der Waals surface area contributed by atoms with Gasteiger partial charge in [-0.2, -0.15) is 4.31 Å².